The Bertz CT molecular complexity index is 1260. The van der Waals surface area contributed by atoms with Crippen LogP contribution >= 0.6 is 0 Å². The molecule has 1 atom stereocenters. The standard InChI is InChI=1S/C27H32N2O3S/c1-18-9-7-8-10-24(18)29-33(31,32)25-17-22(12-11-19(25)2)26(30)28-20(3)21-13-15-23(16-14-21)27(4,5)6/h7-17,20,29H,1-6H3,(H,28,30)/t20-/m1/s1. The Balaban J connectivity index is 1.81. The maximum atomic E-state index is 13.1. The molecule has 0 heterocycles. The minimum absolute atomic E-state index is 0.0567. The van der Waals surface area contributed by atoms with Gasteiger partial charge in [-0.1, -0.05) is 69.3 Å². The summed E-state index contributed by atoms with van der Waals surface area (Å²) in [5.74, 6) is -0.324. The molecule has 3 aromatic rings. The Kier molecular flexibility index (Phi) is 6.98. The number of carbonyl (C=O) groups is 1. The second-order valence-corrected chi connectivity index (χ2v) is 11.1. The molecule has 33 heavy (non-hydrogen) atoms. The number of hydrogen-bond acceptors (Lipinski definition) is 3. The summed E-state index contributed by atoms with van der Waals surface area (Å²) in [5.41, 5.74) is 4.46. The van der Waals surface area contributed by atoms with Gasteiger partial charge in [-0.05, 0) is 66.6 Å². The lowest BCUT2D eigenvalue weighted by Gasteiger charge is -2.21. The van der Waals surface area contributed by atoms with Crippen LogP contribution in [0.5, 0.6) is 0 Å². The number of para-hydroxylation sites is 1. The number of hydrogen-bond donors (Lipinski definition) is 2. The Morgan fingerprint density at radius 2 is 1.52 bits per heavy atom. The maximum absolute atomic E-state index is 13.1. The van der Waals surface area contributed by atoms with Gasteiger partial charge in [0.15, 0.2) is 0 Å². The topological polar surface area (TPSA) is 75.3 Å². The molecule has 5 nitrogen and oxygen atoms in total. The van der Waals surface area contributed by atoms with Gasteiger partial charge in [-0.15, -0.1) is 0 Å². The van der Waals surface area contributed by atoms with Crippen LogP contribution in [-0.4, -0.2) is 14.3 Å². The highest BCUT2D eigenvalue weighted by molar-refractivity contribution is 7.92. The highest BCUT2D eigenvalue weighted by Gasteiger charge is 2.21. The van der Waals surface area contributed by atoms with Gasteiger partial charge in [-0.25, -0.2) is 8.42 Å². The van der Waals surface area contributed by atoms with Crippen molar-refractivity contribution in [2.24, 2.45) is 0 Å². The fourth-order valence-corrected chi connectivity index (χ4v) is 4.96. The smallest absolute Gasteiger partial charge is 0.262 e. The Morgan fingerprint density at radius 1 is 0.879 bits per heavy atom. The molecule has 3 aromatic carbocycles. The first kappa shape index (κ1) is 24.5. The van der Waals surface area contributed by atoms with E-state index in [0.717, 1.165) is 11.1 Å². The molecule has 174 valence electrons. The number of anilines is 1. The number of nitrogens with one attached hydrogen (secondary N) is 2. The Morgan fingerprint density at radius 3 is 2.12 bits per heavy atom. The minimum atomic E-state index is -3.85. The Hall–Kier alpha value is -3.12. The number of aryl methyl sites for hydroxylation is 2. The summed E-state index contributed by atoms with van der Waals surface area (Å²) in [5, 5.41) is 2.97. The molecule has 0 bridgehead atoms. The molecule has 0 aromatic heterocycles. The van der Waals surface area contributed by atoms with Crippen LogP contribution in [0.2, 0.25) is 0 Å². The minimum Gasteiger partial charge on any atom is -0.346 e. The molecular formula is C27H32N2O3S. The van der Waals surface area contributed by atoms with Crippen molar-refractivity contribution in [3.05, 3.63) is 94.5 Å². The molecule has 1 amide bonds. The summed E-state index contributed by atoms with van der Waals surface area (Å²) >= 11 is 0. The summed E-state index contributed by atoms with van der Waals surface area (Å²) in [4.78, 5) is 13.0. The zero-order valence-electron chi connectivity index (χ0n) is 20.1. The van der Waals surface area contributed by atoms with Crippen LogP contribution in [0.4, 0.5) is 5.69 Å². The van der Waals surface area contributed by atoms with E-state index in [2.05, 4.69) is 42.9 Å². The molecule has 0 unspecified atom stereocenters. The van der Waals surface area contributed by atoms with E-state index in [-0.39, 0.29) is 22.3 Å². The van der Waals surface area contributed by atoms with E-state index < -0.39 is 10.0 Å². The van der Waals surface area contributed by atoms with Gasteiger partial charge in [-0.2, -0.15) is 0 Å². The van der Waals surface area contributed by atoms with Crippen molar-refractivity contribution < 1.29 is 13.2 Å². The third kappa shape index (κ3) is 5.82. The quantitative estimate of drug-likeness (QED) is 0.477. The van der Waals surface area contributed by atoms with Gasteiger partial charge in [0.25, 0.3) is 15.9 Å². The summed E-state index contributed by atoms with van der Waals surface area (Å²) < 4.78 is 28.8. The van der Waals surface area contributed by atoms with E-state index >= 15 is 0 Å². The molecule has 2 N–H and O–H groups in total. The molecule has 0 aliphatic heterocycles. The largest absolute Gasteiger partial charge is 0.346 e. The number of amides is 1. The fraction of sp³-hybridized carbons (Fsp3) is 0.296. The molecule has 0 aliphatic rings. The van der Waals surface area contributed by atoms with Crippen LogP contribution < -0.4 is 10.0 Å². The van der Waals surface area contributed by atoms with Crippen molar-refractivity contribution in [1.82, 2.24) is 5.32 Å². The van der Waals surface area contributed by atoms with Crippen molar-refractivity contribution >= 4 is 21.6 Å². The van der Waals surface area contributed by atoms with Crippen molar-refractivity contribution in [3.63, 3.8) is 0 Å². The first-order valence-corrected chi connectivity index (χ1v) is 12.5. The average molecular weight is 465 g/mol. The summed E-state index contributed by atoms with van der Waals surface area (Å²) in [7, 11) is -3.85. The van der Waals surface area contributed by atoms with Crippen molar-refractivity contribution in [3.8, 4) is 0 Å². The third-order valence-corrected chi connectivity index (χ3v) is 7.26. The van der Waals surface area contributed by atoms with Crippen LogP contribution in [0.25, 0.3) is 0 Å². The highest BCUT2D eigenvalue weighted by atomic mass is 32.2. The molecule has 0 fully saturated rings. The number of benzene rings is 3. The lowest BCUT2D eigenvalue weighted by atomic mass is 9.86. The first-order chi connectivity index (χ1) is 15.4. The van der Waals surface area contributed by atoms with E-state index in [1.54, 1.807) is 31.2 Å². The zero-order chi connectivity index (χ0) is 24.4. The van der Waals surface area contributed by atoms with E-state index in [1.165, 1.54) is 11.6 Å². The number of carbonyl (C=O) groups excluding carboxylic acids is 1. The molecular weight excluding hydrogens is 432 g/mol. The first-order valence-electron chi connectivity index (χ1n) is 11.0. The third-order valence-electron chi connectivity index (χ3n) is 5.75. The molecule has 0 radical (unpaired) electrons. The Labute approximate surface area is 197 Å². The van der Waals surface area contributed by atoms with Crippen molar-refractivity contribution in [2.75, 3.05) is 4.72 Å². The van der Waals surface area contributed by atoms with Crippen LogP contribution in [0.15, 0.2) is 71.6 Å². The molecule has 6 heteroatoms. The molecule has 0 spiro atoms. The van der Waals surface area contributed by atoms with Crippen LogP contribution in [0.3, 0.4) is 0 Å². The van der Waals surface area contributed by atoms with Gasteiger partial charge in [0.1, 0.15) is 0 Å². The van der Waals surface area contributed by atoms with Gasteiger partial charge >= 0.3 is 0 Å². The van der Waals surface area contributed by atoms with Gasteiger partial charge < -0.3 is 5.32 Å². The van der Waals surface area contributed by atoms with E-state index in [9.17, 15) is 13.2 Å². The zero-order valence-corrected chi connectivity index (χ0v) is 20.9. The SMILES string of the molecule is Cc1ccccc1NS(=O)(=O)c1cc(C(=O)N[C@H](C)c2ccc(C(C)(C)C)cc2)ccc1C. The second-order valence-electron chi connectivity index (χ2n) is 9.47. The van der Waals surface area contributed by atoms with Gasteiger partial charge in [0, 0.05) is 5.56 Å². The molecule has 0 aliphatic carbocycles. The predicted molar refractivity (Wildman–Crippen MR) is 134 cm³/mol. The monoisotopic (exact) mass is 464 g/mol. The predicted octanol–water partition coefficient (Wildman–Crippen LogP) is 5.89. The number of sulfonamides is 1. The normalized spacial score (nSPS) is 12.8. The van der Waals surface area contributed by atoms with Crippen molar-refractivity contribution in [2.45, 2.75) is 57.9 Å². The molecule has 0 saturated carbocycles. The summed E-state index contributed by atoms with van der Waals surface area (Å²) in [6.07, 6.45) is 0. The van der Waals surface area contributed by atoms with E-state index in [4.69, 9.17) is 0 Å². The maximum Gasteiger partial charge on any atom is 0.262 e. The molecule has 0 saturated heterocycles. The van der Waals surface area contributed by atoms with Crippen LogP contribution in [0, 0.1) is 13.8 Å². The van der Waals surface area contributed by atoms with Crippen molar-refractivity contribution in [1.29, 1.82) is 0 Å². The van der Waals surface area contributed by atoms with Gasteiger partial charge in [-0.3, -0.25) is 9.52 Å². The van der Waals surface area contributed by atoms with Crippen LogP contribution in [0.1, 0.15) is 66.3 Å². The second kappa shape index (κ2) is 9.40. The summed E-state index contributed by atoms with van der Waals surface area (Å²) in [6.45, 7) is 11.9. The van der Waals surface area contributed by atoms with Crippen LogP contribution in [-0.2, 0) is 15.4 Å². The molecule has 3 rings (SSSR count). The lowest BCUT2D eigenvalue weighted by molar-refractivity contribution is 0.0939. The highest BCUT2D eigenvalue weighted by Crippen LogP contribution is 2.25. The fourth-order valence-electron chi connectivity index (χ4n) is 3.55. The summed E-state index contributed by atoms with van der Waals surface area (Å²) in [6, 6.07) is 19.9. The van der Waals surface area contributed by atoms with Gasteiger partial charge in [0.2, 0.25) is 0 Å². The lowest BCUT2D eigenvalue weighted by Crippen LogP contribution is -2.27. The number of rotatable bonds is 6. The van der Waals surface area contributed by atoms with Gasteiger partial charge in [0.05, 0.1) is 16.6 Å². The van der Waals surface area contributed by atoms with E-state index in [1.807, 2.05) is 38.1 Å². The van der Waals surface area contributed by atoms with E-state index in [0.29, 0.717) is 16.8 Å². The average Bonchev–Trinajstić information content (AvgIpc) is 2.74.